The summed E-state index contributed by atoms with van der Waals surface area (Å²) in [5.74, 6) is 4.94. The summed E-state index contributed by atoms with van der Waals surface area (Å²) >= 11 is 2.15. The molecule has 2 rings (SSSR count). The zero-order valence-electron chi connectivity index (χ0n) is 10.7. The molecule has 1 aliphatic carbocycles. The predicted molar refractivity (Wildman–Crippen MR) is 74.1 cm³/mol. The van der Waals surface area contributed by atoms with Crippen LogP contribution < -0.4 is 5.32 Å². The van der Waals surface area contributed by atoms with E-state index in [0.29, 0.717) is 0 Å². The summed E-state index contributed by atoms with van der Waals surface area (Å²) in [6, 6.07) is 0.818. The van der Waals surface area contributed by atoms with E-state index in [4.69, 9.17) is 0 Å². The van der Waals surface area contributed by atoms with E-state index in [9.17, 15) is 0 Å². The molecular weight excluding hydrogens is 214 g/mol. The summed E-state index contributed by atoms with van der Waals surface area (Å²) in [6.45, 7) is 3.40. The molecule has 1 aliphatic heterocycles. The highest BCUT2D eigenvalue weighted by molar-refractivity contribution is 7.99. The van der Waals surface area contributed by atoms with Gasteiger partial charge in [-0.3, -0.25) is 0 Å². The first kappa shape index (κ1) is 12.8. The Morgan fingerprint density at radius 1 is 1.12 bits per heavy atom. The SMILES string of the molecule is CCNC(CCC1CC1)CC1CCSCC1. The van der Waals surface area contributed by atoms with Crippen molar-refractivity contribution in [3.05, 3.63) is 0 Å². The molecule has 1 nitrogen and oxygen atoms in total. The maximum Gasteiger partial charge on any atom is 0.00696 e. The lowest BCUT2D eigenvalue weighted by atomic mass is 9.91. The van der Waals surface area contributed by atoms with Gasteiger partial charge in [-0.05, 0) is 62.0 Å². The fraction of sp³-hybridized carbons (Fsp3) is 1.00. The third kappa shape index (κ3) is 4.67. The van der Waals surface area contributed by atoms with Gasteiger partial charge in [0.05, 0.1) is 0 Å². The molecule has 1 unspecified atom stereocenters. The summed E-state index contributed by atoms with van der Waals surface area (Å²) < 4.78 is 0. The van der Waals surface area contributed by atoms with Gasteiger partial charge in [-0.15, -0.1) is 0 Å². The standard InChI is InChI=1S/C14H27NS/c1-2-15-14(6-5-12-3-4-12)11-13-7-9-16-10-8-13/h12-15H,2-11H2,1H3. The second-order valence-corrected chi connectivity index (χ2v) is 6.79. The van der Waals surface area contributed by atoms with E-state index in [0.717, 1.165) is 24.4 Å². The Kier molecular flexibility index (Phi) is 5.51. The van der Waals surface area contributed by atoms with Gasteiger partial charge in [-0.1, -0.05) is 19.8 Å². The topological polar surface area (TPSA) is 12.0 Å². The molecule has 1 heterocycles. The number of thioether (sulfide) groups is 1. The van der Waals surface area contributed by atoms with Crippen molar-refractivity contribution in [3.63, 3.8) is 0 Å². The zero-order chi connectivity index (χ0) is 11.2. The van der Waals surface area contributed by atoms with Gasteiger partial charge in [0, 0.05) is 6.04 Å². The van der Waals surface area contributed by atoms with Gasteiger partial charge in [0.1, 0.15) is 0 Å². The van der Waals surface area contributed by atoms with Crippen LogP contribution in [0.25, 0.3) is 0 Å². The summed E-state index contributed by atoms with van der Waals surface area (Å²) in [7, 11) is 0. The smallest absolute Gasteiger partial charge is 0.00696 e. The maximum absolute atomic E-state index is 3.71. The summed E-state index contributed by atoms with van der Waals surface area (Å²) in [4.78, 5) is 0. The van der Waals surface area contributed by atoms with Crippen molar-refractivity contribution in [2.24, 2.45) is 11.8 Å². The Morgan fingerprint density at radius 3 is 2.50 bits per heavy atom. The summed E-state index contributed by atoms with van der Waals surface area (Å²) in [6.07, 6.45) is 10.3. The van der Waals surface area contributed by atoms with E-state index >= 15 is 0 Å². The molecular formula is C14H27NS. The zero-order valence-corrected chi connectivity index (χ0v) is 11.5. The van der Waals surface area contributed by atoms with Crippen LogP contribution in [0.1, 0.15) is 51.9 Å². The van der Waals surface area contributed by atoms with E-state index in [2.05, 4.69) is 24.0 Å². The minimum absolute atomic E-state index is 0.818. The lowest BCUT2D eigenvalue weighted by molar-refractivity contribution is 0.346. The van der Waals surface area contributed by atoms with Crippen LogP contribution in [0, 0.1) is 11.8 Å². The Hall–Kier alpha value is 0.310. The first-order valence-electron chi connectivity index (χ1n) is 7.19. The molecule has 0 aromatic carbocycles. The molecule has 16 heavy (non-hydrogen) atoms. The normalized spacial score (nSPS) is 24.6. The molecule has 1 atom stereocenters. The highest BCUT2D eigenvalue weighted by atomic mass is 32.2. The van der Waals surface area contributed by atoms with Crippen LogP contribution in [-0.2, 0) is 0 Å². The van der Waals surface area contributed by atoms with Gasteiger partial charge in [0.15, 0.2) is 0 Å². The molecule has 1 N–H and O–H groups in total. The Balaban J connectivity index is 1.66. The highest BCUT2D eigenvalue weighted by Gasteiger charge is 2.24. The van der Waals surface area contributed by atoms with Gasteiger partial charge >= 0.3 is 0 Å². The van der Waals surface area contributed by atoms with Crippen LogP contribution >= 0.6 is 11.8 Å². The van der Waals surface area contributed by atoms with Gasteiger partial charge in [0.25, 0.3) is 0 Å². The Morgan fingerprint density at radius 2 is 1.88 bits per heavy atom. The van der Waals surface area contributed by atoms with Crippen LogP contribution in [-0.4, -0.2) is 24.1 Å². The fourth-order valence-electron chi connectivity index (χ4n) is 2.82. The molecule has 0 spiro atoms. The first-order chi connectivity index (χ1) is 7.88. The van der Waals surface area contributed by atoms with Crippen LogP contribution in [0.5, 0.6) is 0 Å². The monoisotopic (exact) mass is 241 g/mol. The van der Waals surface area contributed by atoms with Gasteiger partial charge in [0.2, 0.25) is 0 Å². The van der Waals surface area contributed by atoms with Crippen molar-refractivity contribution in [2.45, 2.75) is 57.9 Å². The minimum atomic E-state index is 0.818. The molecule has 2 aliphatic rings. The van der Waals surface area contributed by atoms with Crippen LogP contribution in [0.4, 0.5) is 0 Å². The lowest BCUT2D eigenvalue weighted by Crippen LogP contribution is -2.32. The van der Waals surface area contributed by atoms with Crippen molar-refractivity contribution in [1.29, 1.82) is 0 Å². The highest BCUT2D eigenvalue weighted by Crippen LogP contribution is 2.35. The second kappa shape index (κ2) is 6.90. The van der Waals surface area contributed by atoms with Crippen LogP contribution in [0.2, 0.25) is 0 Å². The van der Waals surface area contributed by atoms with E-state index in [1.165, 1.54) is 56.5 Å². The summed E-state index contributed by atoms with van der Waals surface area (Å²) in [5.41, 5.74) is 0. The van der Waals surface area contributed by atoms with Gasteiger partial charge in [-0.25, -0.2) is 0 Å². The number of hydrogen-bond donors (Lipinski definition) is 1. The van der Waals surface area contributed by atoms with Crippen molar-refractivity contribution in [2.75, 3.05) is 18.1 Å². The maximum atomic E-state index is 3.71. The van der Waals surface area contributed by atoms with E-state index in [1.807, 2.05) is 0 Å². The minimum Gasteiger partial charge on any atom is -0.314 e. The van der Waals surface area contributed by atoms with Crippen molar-refractivity contribution in [1.82, 2.24) is 5.32 Å². The predicted octanol–water partition coefficient (Wildman–Crippen LogP) is 3.69. The van der Waals surface area contributed by atoms with Crippen LogP contribution in [0.3, 0.4) is 0 Å². The average molecular weight is 241 g/mol. The molecule has 0 amide bonds. The summed E-state index contributed by atoms with van der Waals surface area (Å²) in [5, 5.41) is 3.71. The number of hydrogen-bond acceptors (Lipinski definition) is 2. The number of rotatable bonds is 7. The molecule has 1 saturated heterocycles. The molecule has 2 fully saturated rings. The molecule has 0 aromatic rings. The number of nitrogens with one attached hydrogen (secondary N) is 1. The third-order valence-corrected chi connectivity index (χ3v) is 5.12. The molecule has 0 bridgehead atoms. The molecule has 0 radical (unpaired) electrons. The quantitative estimate of drug-likeness (QED) is 0.729. The van der Waals surface area contributed by atoms with Crippen molar-refractivity contribution < 1.29 is 0 Å². The van der Waals surface area contributed by atoms with E-state index < -0.39 is 0 Å². The molecule has 0 aromatic heterocycles. The molecule has 1 saturated carbocycles. The Bertz CT molecular complexity index is 185. The molecule has 2 heteroatoms. The van der Waals surface area contributed by atoms with Crippen molar-refractivity contribution >= 4 is 11.8 Å². The average Bonchev–Trinajstić information content (AvgIpc) is 3.11. The first-order valence-corrected chi connectivity index (χ1v) is 8.35. The second-order valence-electron chi connectivity index (χ2n) is 5.57. The fourth-order valence-corrected chi connectivity index (χ4v) is 4.02. The van der Waals surface area contributed by atoms with Gasteiger partial charge in [-0.2, -0.15) is 11.8 Å². The van der Waals surface area contributed by atoms with Crippen LogP contribution in [0.15, 0.2) is 0 Å². The largest absolute Gasteiger partial charge is 0.314 e. The van der Waals surface area contributed by atoms with E-state index in [-0.39, 0.29) is 0 Å². The molecule has 94 valence electrons. The van der Waals surface area contributed by atoms with Crippen molar-refractivity contribution in [3.8, 4) is 0 Å². The van der Waals surface area contributed by atoms with Gasteiger partial charge < -0.3 is 5.32 Å². The van der Waals surface area contributed by atoms with E-state index in [1.54, 1.807) is 0 Å². The third-order valence-electron chi connectivity index (χ3n) is 4.07. The Labute approximate surface area is 105 Å². The lowest BCUT2D eigenvalue weighted by Gasteiger charge is -2.27.